The van der Waals surface area contributed by atoms with E-state index in [1.165, 1.54) is 12.8 Å². The third-order valence-electron chi connectivity index (χ3n) is 4.76. The van der Waals surface area contributed by atoms with Gasteiger partial charge in [-0.25, -0.2) is 4.79 Å². The summed E-state index contributed by atoms with van der Waals surface area (Å²) in [4.78, 5) is 28.3. The van der Waals surface area contributed by atoms with Crippen LogP contribution in [0.1, 0.15) is 53.4 Å². The van der Waals surface area contributed by atoms with Crippen LogP contribution in [0.25, 0.3) is 0 Å². The minimum atomic E-state index is -0.469. The fourth-order valence-corrected chi connectivity index (χ4v) is 3.02. The monoisotopic (exact) mass is 310 g/mol. The number of carbonyl (C=O) groups is 2. The van der Waals surface area contributed by atoms with Gasteiger partial charge in [-0.05, 0) is 59.3 Å². The summed E-state index contributed by atoms with van der Waals surface area (Å²) < 4.78 is 5.39. The fraction of sp³-hybridized carbons (Fsp3) is 0.882. The largest absolute Gasteiger partial charge is 0.444 e. The van der Waals surface area contributed by atoms with Crippen LogP contribution in [-0.4, -0.2) is 53.6 Å². The van der Waals surface area contributed by atoms with Crippen LogP contribution in [0.5, 0.6) is 0 Å². The number of carbonyl (C=O) groups excluding carboxylic acids is 2. The Morgan fingerprint density at radius 3 is 2.14 bits per heavy atom. The number of hydrogen-bond acceptors (Lipinski definition) is 3. The normalized spacial score (nSPS) is 21.4. The molecular weight excluding hydrogens is 280 g/mol. The predicted molar refractivity (Wildman–Crippen MR) is 85.5 cm³/mol. The molecule has 5 nitrogen and oxygen atoms in total. The van der Waals surface area contributed by atoms with E-state index in [9.17, 15) is 9.59 Å². The van der Waals surface area contributed by atoms with Gasteiger partial charge < -0.3 is 14.5 Å². The van der Waals surface area contributed by atoms with E-state index in [1.54, 1.807) is 4.90 Å². The Morgan fingerprint density at radius 1 is 1.14 bits per heavy atom. The zero-order valence-electron chi connectivity index (χ0n) is 14.6. The summed E-state index contributed by atoms with van der Waals surface area (Å²) in [5.41, 5.74) is -0.469. The van der Waals surface area contributed by atoms with E-state index in [0.717, 1.165) is 12.8 Å². The van der Waals surface area contributed by atoms with Crippen LogP contribution in [0.4, 0.5) is 4.79 Å². The van der Waals surface area contributed by atoms with Gasteiger partial charge in [-0.1, -0.05) is 0 Å². The molecule has 2 fully saturated rings. The highest BCUT2D eigenvalue weighted by Gasteiger charge is 2.36. The molecule has 2 rings (SSSR count). The summed E-state index contributed by atoms with van der Waals surface area (Å²) in [6, 6.07) is 0.344. The molecule has 1 heterocycles. The Balaban J connectivity index is 1.81. The Bertz CT molecular complexity index is 418. The summed E-state index contributed by atoms with van der Waals surface area (Å²) in [5, 5.41) is 0. The van der Waals surface area contributed by atoms with Crippen molar-refractivity contribution in [3.05, 3.63) is 0 Å². The van der Waals surface area contributed by atoms with Crippen LogP contribution >= 0.6 is 0 Å². The second-order valence-corrected chi connectivity index (χ2v) is 7.77. The summed E-state index contributed by atoms with van der Waals surface area (Å²) in [7, 11) is 1.92. The molecule has 0 bridgehead atoms. The van der Waals surface area contributed by atoms with Crippen molar-refractivity contribution in [1.82, 2.24) is 9.80 Å². The number of hydrogen-bond donors (Lipinski definition) is 0. The SMILES string of the molecule is CC(C1CC1)N(C)C(=O)C1CCN(C(=O)OC(C)(C)C)CC1. The van der Waals surface area contributed by atoms with Crippen molar-refractivity contribution < 1.29 is 14.3 Å². The van der Waals surface area contributed by atoms with Gasteiger partial charge in [-0.15, -0.1) is 0 Å². The van der Waals surface area contributed by atoms with Crippen molar-refractivity contribution in [2.24, 2.45) is 11.8 Å². The average Bonchev–Trinajstić information content (AvgIpc) is 3.28. The number of amides is 2. The number of rotatable bonds is 3. The van der Waals surface area contributed by atoms with Gasteiger partial charge in [0.1, 0.15) is 5.60 Å². The van der Waals surface area contributed by atoms with Crippen molar-refractivity contribution in [2.75, 3.05) is 20.1 Å². The molecule has 1 aliphatic carbocycles. The Labute approximate surface area is 134 Å². The standard InChI is InChI=1S/C17H30N2O3/c1-12(13-6-7-13)18(5)15(20)14-8-10-19(11-9-14)16(21)22-17(2,3)4/h12-14H,6-11H2,1-5H3. The van der Waals surface area contributed by atoms with E-state index in [-0.39, 0.29) is 17.9 Å². The zero-order valence-corrected chi connectivity index (χ0v) is 14.6. The van der Waals surface area contributed by atoms with Crippen molar-refractivity contribution >= 4 is 12.0 Å². The van der Waals surface area contributed by atoms with Gasteiger partial charge in [0.15, 0.2) is 0 Å². The average molecular weight is 310 g/mol. The van der Waals surface area contributed by atoms with Crippen LogP contribution in [0.15, 0.2) is 0 Å². The van der Waals surface area contributed by atoms with Crippen molar-refractivity contribution in [2.45, 2.75) is 65.0 Å². The topological polar surface area (TPSA) is 49.9 Å². The number of ether oxygens (including phenoxy) is 1. The van der Waals surface area contributed by atoms with Crippen LogP contribution in [0, 0.1) is 11.8 Å². The molecule has 0 aromatic carbocycles. The smallest absolute Gasteiger partial charge is 0.410 e. The molecule has 0 radical (unpaired) electrons. The zero-order chi connectivity index (χ0) is 16.5. The quantitative estimate of drug-likeness (QED) is 0.805. The maximum atomic E-state index is 12.6. The second kappa shape index (κ2) is 6.47. The molecule has 1 unspecified atom stereocenters. The molecule has 0 aromatic rings. The molecule has 0 aromatic heterocycles. The van der Waals surface area contributed by atoms with Crippen LogP contribution < -0.4 is 0 Å². The Kier molecular flexibility index (Phi) is 5.03. The lowest BCUT2D eigenvalue weighted by Crippen LogP contribution is -2.47. The van der Waals surface area contributed by atoms with E-state index in [4.69, 9.17) is 4.74 Å². The molecule has 1 aliphatic heterocycles. The number of likely N-dealkylation sites (tertiary alicyclic amines) is 1. The second-order valence-electron chi connectivity index (χ2n) is 7.77. The Morgan fingerprint density at radius 2 is 1.68 bits per heavy atom. The maximum absolute atomic E-state index is 12.6. The highest BCUT2D eigenvalue weighted by atomic mass is 16.6. The van der Waals surface area contributed by atoms with Gasteiger partial charge in [-0.2, -0.15) is 0 Å². The lowest BCUT2D eigenvalue weighted by molar-refractivity contribution is -0.138. The molecule has 5 heteroatoms. The lowest BCUT2D eigenvalue weighted by atomic mass is 9.95. The summed E-state index contributed by atoms with van der Waals surface area (Å²) in [6.45, 7) is 8.97. The molecule has 0 spiro atoms. The lowest BCUT2D eigenvalue weighted by Gasteiger charge is -2.35. The van der Waals surface area contributed by atoms with E-state index in [0.29, 0.717) is 25.0 Å². The fourth-order valence-electron chi connectivity index (χ4n) is 3.02. The Hall–Kier alpha value is -1.26. The highest BCUT2D eigenvalue weighted by Crippen LogP contribution is 2.35. The maximum Gasteiger partial charge on any atom is 0.410 e. The minimum Gasteiger partial charge on any atom is -0.444 e. The molecule has 22 heavy (non-hydrogen) atoms. The minimum absolute atomic E-state index is 0.0462. The van der Waals surface area contributed by atoms with Crippen molar-refractivity contribution in [3.8, 4) is 0 Å². The molecule has 1 saturated carbocycles. The van der Waals surface area contributed by atoms with E-state index in [1.807, 2.05) is 32.7 Å². The third-order valence-corrected chi connectivity index (χ3v) is 4.76. The van der Waals surface area contributed by atoms with Gasteiger partial charge in [-0.3, -0.25) is 4.79 Å². The number of nitrogens with zero attached hydrogens (tertiary/aromatic N) is 2. The first-order valence-electron chi connectivity index (χ1n) is 8.43. The van der Waals surface area contributed by atoms with Crippen molar-refractivity contribution in [1.29, 1.82) is 0 Å². The summed E-state index contributed by atoms with van der Waals surface area (Å²) in [6.07, 6.45) is 3.70. The first-order valence-corrected chi connectivity index (χ1v) is 8.43. The summed E-state index contributed by atoms with van der Waals surface area (Å²) >= 11 is 0. The van der Waals surface area contributed by atoms with Gasteiger partial charge in [0.25, 0.3) is 0 Å². The molecule has 0 N–H and O–H groups in total. The van der Waals surface area contributed by atoms with E-state index in [2.05, 4.69) is 6.92 Å². The van der Waals surface area contributed by atoms with Crippen molar-refractivity contribution in [3.63, 3.8) is 0 Å². The molecule has 126 valence electrons. The predicted octanol–water partition coefficient (Wildman–Crippen LogP) is 2.89. The van der Waals surface area contributed by atoms with Crippen LogP contribution in [0.2, 0.25) is 0 Å². The third kappa shape index (κ3) is 4.37. The van der Waals surface area contributed by atoms with Crippen LogP contribution in [0.3, 0.4) is 0 Å². The first kappa shape index (κ1) is 17.1. The molecule has 1 atom stereocenters. The molecular formula is C17H30N2O3. The first-order chi connectivity index (χ1) is 10.2. The summed E-state index contributed by atoms with van der Waals surface area (Å²) in [5.74, 6) is 0.976. The van der Waals surface area contributed by atoms with Crippen LogP contribution in [-0.2, 0) is 9.53 Å². The molecule has 1 saturated heterocycles. The number of piperidine rings is 1. The van der Waals surface area contributed by atoms with Gasteiger partial charge in [0.05, 0.1) is 0 Å². The van der Waals surface area contributed by atoms with E-state index >= 15 is 0 Å². The van der Waals surface area contributed by atoms with E-state index < -0.39 is 5.60 Å². The molecule has 2 aliphatic rings. The van der Waals surface area contributed by atoms with Gasteiger partial charge in [0, 0.05) is 32.1 Å². The van der Waals surface area contributed by atoms with Gasteiger partial charge >= 0.3 is 6.09 Å². The highest BCUT2D eigenvalue weighted by molar-refractivity contribution is 5.79. The van der Waals surface area contributed by atoms with Gasteiger partial charge in [0.2, 0.25) is 5.91 Å². The molecule has 2 amide bonds.